The molecule has 0 unspecified atom stereocenters. The molecule has 0 atom stereocenters. The number of aliphatic hydroxyl groups excluding tert-OH is 1. The van der Waals surface area contributed by atoms with Crippen molar-refractivity contribution in [2.24, 2.45) is 5.73 Å². The number of rotatable bonds is 7. The Bertz CT molecular complexity index is 687. The predicted molar refractivity (Wildman–Crippen MR) is 90.8 cm³/mol. The lowest BCUT2D eigenvalue weighted by molar-refractivity contribution is 0.1000. The third-order valence-corrected chi connectivity index (χ3v) is 4.13. The molecule has 0 aliphatic heterocycles. The van der Waals surface area contributed by atoms with Crippen molar-refractivity contribution in [3.8, 4) is 16.9 Å². The summed E-state index contributed by atoms with van der Waals surface area (Å²) in [7, 11) is 1.62. The highest BCUT2D eigenvalue weighted by molar-refractivity contribution is 6.02. The number of aromatic nitrogens is 1. The van der Waals surface area contributed by atoms with Crippen LogP contribution in [-0.4, -0.2) is 29.3 Å². The Labute approximate surface area is 136 Å². The molecule has 1 heterocycles. The van der Waals surface area contributed by atoms with Crippen molar-refractivity contribution in [3.63, 3.8) is 0 Å². The number of primary amides is 1. The predicted octanol–water partition coefficient (Wildman–Crippen LogP) is 2.52. The summed E-state index contributed by atoms with van der Waals surface area (Å²) in [5, 5.41) is 9.12. The summed E-state index contributed by atoms with van der Waals surface area (Å²) in [6, 6.07) is 7.63. The van der Waals surface area contributed by atoms with E-state index in [1.807, 2.05) is 31.2 Å². The molecule has 23 heavy (non-hydrogen) atoms. The molecule has 0 saturated carbocycles. The summed E-state index contributed by atoms with van der Waals surface area (Å²) in [6.07, 6.45) is 1.42. The maximum absolute atomic E-state index is 12.0. The number of methoxy groups -OCH3 is 1. The van der Waals surface area contributed by atoms with Crippen LogP contribution in [0.2, 0.25) is 0 Å². The van der Waals surface area contributed by atoms with Gasteiger partial charge in [-0.3, -0.25) is 4.79 Å². The average Bonchev–Trinajstić information content (AvgIpc) is 2.84. The normalized spacial score (nSPS) is 10.8. The van der Waals surface area contributed by atoms with Gasteiger partial charge in [0.2, 0.25) is 0 Å². The topological polar surface area (TPSA) is 77.5 Å². The van der Waals surface area contributed by atoms with Crippen LogP contribution in [0.4, 0.5) is 0 Å². The maximum atomic E-state index is 12.0. The quantitative estimate of drug-likeness (QED) is 0.824. The minimum atomic E-state index is -0.425. The lowest BCUT2D eigenvalue weighted by atomic mass is 9.98. The van der Waals surface area contributed by atoms with E-state index >= 15 is 0 Å². The monoisotopic (exact) mass is 316 g/mol. The number of hydrogen-bond acceptors (Lipinski definition) is 3. The van der Waals surface area contributed by atoms with Crippen molar-refractivity contribution >= 4 is 5.91 Å². The van der Waals surface area contributed by atoms with Crippen molar-refractivity contribution in [3.05, 3.63) is 41.2 Å². The van der Waals surface area contributed by atoms with Gasteiger partial charge in [0.05, 0.1) is 12.7 Å². The fourth-order valence-electron chi connectivity index (χ4n) is 3.07. The molecule has 124 valence electrons. The zero-order valence-electron chi connectivity index (χ0n) is 13.9. The summed E-state index contributed by atoms with van der Waals surface area (Å²) in [6.45, 7) is 4.75. The first-order valence-electron chi connectivity index (χ1n) is 7.82. The highest BCUT2D eigenvalue weighted by Crippen LogP contribution is 2.34. The second-order valence-corrected chi connectivity index (χ2v) is 5.46. The zero-order chi connectivity index (χ0) is 17.0. The van der Waals surface area contributed by atoms with Gasteiger partial charge in [-0.1, -0.05) is 19.1 Å². The first-order chi connectivity index (χ1) is 11.0. The van der Waals surface area contributed by atoms with Crippen LogP contribution in [0.1, 0.15) is 35.1 Å². The Morgan fingerprint density at radius 1 is 1.30 bits per heavy atom. The molecule has 0 saturated heterocycles. The van der Waals surface area contributed by atoms with E-state index in [1.54, 1.807) is 7.11 Å². The molecule has 0 spiro atoms. The van der Waals surface area contributed by atoms with Crippen LogP contribution in [0.3, 0.4) is 0 Å². The molecule has 0 aliphatic carbocycles. The van der Waals surface area contributed by atoms with Crippen LogP contribution in [0.5, 0.6) is 5.75 Å². The molecule has 2 rings (SSSR count). The summed E-state index contributed by atoms with van der Waals surface area (Å²) < 4.78 is 7.29. The van der Waals surface area contributed by atoms with Gasteiger partial charge in [-0.25, -0.2) is 0 Å². The molecule has 2 aromatic rings. The molecule has 1 aromatic heterocycles. The second-order valence-electron chi connectivity index (χ2n) is 5.46. The van der Waals surface area contributed by atoms with Crippen LogP contribution < -0.4 is 10.5 Å². The van der Waals surface area contributed by atoms with Crippen LogP contribution in [0.15, 0.2) is 24.3 Å². The highest BCUT2D eigenvalue weighted by atomic mass is 16.5. The number of ether oxygens (including phenoxy) is 1. The molecule has 1 aromatic carbocycles. The number of nitrogens with two attached hydrogens (primary N) is 1. The third kappa shape index (κ3) is 3.24. The Hall–Kier alpha value is -2.27. The van der Waals surface area contributed by atoms with Gasteiger partial charge in [-0.15, -0.1) is 0 Å². The first kappa shape index (κ1) is 17.1. The van der Waals surface area contributed by atoms with Gasteiger partial charge in [0.1, 0.15) is 5.75 Å². The van der Waals surface area contributed by atoms with E-state index < -0.39 is 5.91 Å². The zero-order valence-corrected chi connectivity index (χ0v) is 13.9. The average molecular weight is 316 g/mol. The van der Waals surface area contributed by atoms with Crippen LogP contribution in [-0.2, 0) is 13.0 Å². The number of carbonyl (C=O) groups is 1. The van der Waals surface area contributed by atoms with E-state index in [0.29, 0.717) is 18.5 Å². The lowest BCUT2D eigenvalue weighted by Gasteiger charge is -2.11. The molecule has 0 bridgehead atoms. The fourth-order valence-corrected chi connectivity index (χ4v) is 3.07. The largest absolute Gasteiger partial charge is 0.497 e. The molecule has 0 radical (unpaired) electrons. The molecule has 1 amide bonds. The Balaban J connectivity index is 2.65. The molecular formula is C18H24N2O3. The molecular weight excluding hydrogens is 292 g/mol. The molecule has 5 nitrogen and oxygen atoms in total. The highest BCUT2D eigenvalue weighted by Gasteiger charge is 2.23. The van der Waals surface area contributed by atoms with Crippen molar-refractivity contribution in [1.29, 1.82) is 0 Å². The molecule has 0 aliphatic rings. The van der Waals surface area contributed by atoms with Gasteiger partial charge in [-0.05, 0) is 37.5 Å². The van der Waals surface area contributed by atoms with Crippen LogP contribution in [0.25, 0.3) is 11.1 Å². The Morgan fingerprint density at radius 3 is 2.43 bits per heavy atom. The van der Waals surface area contributed by atoms with Gasteiger partial charge in [-0.2, -0.15) is 0 Å². The Morgan fingerprint density at radius 2 is 1.96 bits per heavy atom. The van der Waals surface area contributed by atoms with Crippen LogP contribution >= 0.6 is 0 Å². The number of carbonyl (C=O) groups excluding carboxylic acids is 1. The van der Waals surface area contributed by atoms with Gasteiger partial charge in [0.15, 0.2) is 0 Å². The van der Waals surface area contributed by atoms with Gasteiger partial charge in [0, 0.05) is 30.1 Å². The number of hydrogen-bond donors (Lipinski definition) is 2. The van der Waals surface area contributed by atoms with Gasteiger partial charge in [0.25, 0.3) is 5.91 Å². The summed E-state index contributed by atoms with van der Waals surface area (Å²) in [4.78, 5) is 12.0. The lowest BCUT2D eigenvalue weighted by Crippen LogP contribution is -2.13. The Kier molecular flexibility index (Phi) is 5.45. The smallest absolute Gasteiger partial charge is 0.251 e. The summed E-state index contributed by atoms with van der Waals surface area (Å²) in [5.41, 5.74) is 9.96. The van der Waals surface area contributed by atoms with E-state index in [1.165, 1.54) is 0 Å². The minimum absolute atomic E-state index is 0.116. The number of amides is 1. The van der Waals surface area contributed by atoms with Gasteiger partial charge >= 0.3 is 0 Å². The molecule has 5 heteroatoms. The second kappa shape index (κ2) is 7.33. The van der Waals surface area contributed by atoms with Gasteiger partial charge < -0.3 is 20.1 Å². The summed E-state index contributed by atoms with van der Waals surface area (Å²) >= 11 is 0. The van der Waals surface area contributed by atoms with Crippen LogP contribution in [0, 0.1) is 6.92 Å². The van der Waals surface area contributed by atoms with Crippen molar-refractivity contribution in [1.82, 2.24) is 4.57 Å². The third-order valence-electron chi connectivity index (χ3n) is 4.13. The van der Waals surface area contributed by atoms with E-state index in [9.17, 15) is 4.79 Å². The van der Waals surface area contributed by atoms with E-state index in [0.717, 1.165) is 34.7 Å². The summed E-state index contributed by atoms with van der Waals surface area (Å²) in [5.74, 6) is 0.342. The number of benzene rings is 1. The van der Waals surface area contributed by atoms with Crippen molar-refractivity contribution < 1.29 is 14.6 Å². The van der Waals surface area contributed by atoms with E-state index in [4.69, 9.17) is 15.6 Å². The van der Waals surface area contributed by atoms with E-state index in [-0.39, 0.29) is 6.61 Å². The number of nitrogens with zero attached hydrogens (tertiary/aromatic N) is 1. The van der Waals surface area contributed by atoms with Crippen molar-refractivity contribution in [2.75, 3.05) is 13.7 Å². The number of aliphatic hydroxyl groups is 1. The van der Waals surface area contributed by atoms with Crippen molar-refractivity contribution in [2.45, 2.75) is 33.2 Å². The SMILES string of the molecule is CCc1c(-c2ccc(OC)cc2)c(C(N)=O)c(C)n1CCCO. The first-order valence-corrected chi connectivity index (χ1v) is 7.82. The molecule has 0 fully saturated rings. The minimum Gasteiger partial charge on any atom is -0.497 e. The van der Waals surface area contributed by atoms with E-state index in [2.05, 4.69) is 11.5 Å². The molecule has 3 N–H and O–H groups in total. The standard InChI is InChI=1S/C18H24N2O3/c1-4-15-17(13-6-8-14(23-3)9-7-13)16(18(19)22)12(2)20(15)10-5-11-21/h6-9,21H,4-5,10-11H2,1-3H3,(H2,19,22). The maximum Gasteiger partial charge on any atom is 0.251 e. The fraction of sp³-hybridized carbons (Fsp3) is 0.389.